The molecule has 2 aromatic carbocycles. The fourth-order valence-electron chi connectivity index (χ4n) is 2.13. The molecule has 5 nitrogen and oxygen atoms in total. The summed E-state index contributed by atoms with van der Waals surface area (Å²) < 4.78 is 4.77. The number of rotatable bonds is 7. The second-order valence-electron chi connectivity index (χ2n) is 5.15. The van der Waals surface area contributed by atoms with Crippen LogP contribution in [-0.2, 0) is 15.3 Å². The van der Waals surface area contributed by atoms with Gasteiger partial charge >= 0.3 is 0 Å². The molecule has 2 aromatic rings. The third kappa shape index (κ3) is 5.40. The van der Waals surface area contributed by atoms with E-state index < -0.39 is 0 Å². The van der Waals surface area contributed by atoms with Crippen LogP contribution in [0.25, 0.3) is 0 Å². The number of hydrogen-bond donors (Lipinski definition) is 2. The SMILES string of the molecule is COCC(=O)Nc1cccc(NC(=O)c2ccc(CSC)cc2)c1. The van der Waals surface area contributed by atoms with Gasteiger partial charge in [-0.1, -0.05) is 18.2 Å². The van der Waals surface area contributed by atoms with Crippen LogP contribution in [0.15, 0.2) is 48.5 Å². The van der Waals surface area contributed by atoms with E-state index in [1.165, 1.54) is 12.7 Å². The zero-order valence-electron chi connectivity index (χ0n) is 13.7. The average Bonchev–Trinajstić information content (AvgIpc) is 2.56. The van der Waals surface area contributed by atoms with Crippen LogP contribution in [0.2, 0.25) is 0 Å². The van der Waals surface area contributed by atoms with Crippen molar-refractivity contribution in [3.8, 4) is 0 Å². The molecule has 0 radical (unpaired) electrons. The molecule has 0 bridgehead atoms. The highest BCUT2D eigenvalue weighted by atomic mass is 32.2. The van der Waals surface area contributed by atoms with Gasteiger partial charge in [0.15, 0.2) is 0 Å². The molecular formula is C18H20N2O3S. The van der Waals surface area contributed by atoms with E-state index in [0.29, 0.717) is 16.9 Å². The minimum absolute atomic E-state index is 0.0149. The maximum absolute atomic E-state index is 12.3. The fraction of sp³-hybridized carbons (Fsp3) is 0.222. The summed E-state index contributed by atoms with van der Waals surface area (Å²) >= 11 is 1.74. The number of methoxy groups -OCH3 is 1. The third-order valence-corrected chi connectivity index (χ3v) is 3.83. The van der Waals surface area contributed by atoms with Gasteiger partial charge in [-0.05, 0) is 42.2 Å². The normalized spacial score (nSPS) is 10.2. The lowest BCUT2D eigenvalue weighted by Crippen LogP contribution is -2.17. The molecule has 126 valence electrons. The van der Waals surface area contributed by atoms with Crippen LogP contribution in [-0.4, -0.2) is 31.8 Å². The zero-order chi connectivity index (χ0) is 17.4. The van der Waals surface area contributed by atoms with E-state index in [1.54, 1.807) is 36.0 Å². The van der Waals surface area contributed by atoms with Crippen molar-refractivity contribution in [2.24, 2.45) is 0 Å². The van der Waals surface area contributed by atoms with Crippen LogP contribution in [0.5, 0.6) is 0 Å². The highest BCUT2D eigenvalue weighted by molar-refractivity contribution is 7.97. The maximum atomic E-state index is 12.3. The Morgan fingerprint density at radius 3 is 2.33 bits per heavy atom. The molecule has 2 rings (SSSR count). The van der Waals surface area contributed by atoms with Crippen molar-refractivity contribution in [1.82, 2.24) is 0 Å². The Bertz CT molecular complexity index is 702. The van der Waals surface area contributed by atoms with Crippen LogP contribution < -0.4 is 10.6 Å². The highest BCUT2D eigenvalue weighted by Gasteiger charge is 2.07. The second kappa shape index (κ2) is 9.10. The lowest BCUT2D eigenvalue weighted by atomic mass is 10.1. The van der Waals surface area contributed by atoms with Crippen LogP contribution in [0.1, 0.15) is 15.9 Å². The van der Waals surface area contributed by atoms with Gasteiger partial charge in [0, 0.05) is 29.8 Å². The second-order valence-corrected chi connectivity index (χ2v) is 6.01. The van der Waals surface area contributed by atoms with Crippen molar-refractivity contribution in [3.05, 3.63) is 59.7 Å². The van der Waals surface area contributed by atoms with Crippen molar-refractivity contribution < 1.29 is 14.3 Å². The molecule has 0 heterocycles. The van der Waals surface area contributed by atoms with E-state index in [-0.39, 0.29) is 18.4 Å². The summed E-state index contributed by atoms with van der Waals surface area (Å²) in [6, 6.07) is 14.5. The Balaban J connectivity index is 2.02. The number of thioether (sulfide) groups is 1. The smallest absolute Gasteiger partial charge is 0.255 e. The summed E-state index contributed by atoms with van der Waals surface area (Å²) in [6.07, 6.45) is 2.04. The summed E-state index contributed by atoms with van der Waals surface area (Å²) in [6.45, 7) is -0.0149. The average molecular weight is 344 g/mol. The first-order chi connectivity index (χ1) is 11.6. The van der Waals surface area contributed by atoms with Crippen LogP contribution >= 0.6 is 11.8 Å². The molecule has 0 saturated heterocycles. The van der Waals surface area contributed by atoms with E-state index in [2.05, 4.69) is 10.6 Å². The molecule has 0 unspecified atom stereocenters. The first-order valence-electron chi connectivity index (χ1n) is 7.40. The molecule has 0 saturated carbocycles. The number of carbonyl (C=O) groups is 2. The van der Waals surface area contributed by atoms with Gasteiger partial charge < -0.3 is 15.4 Å². The van der Waals surface area contributed by atoms with E-state index in [1.807, 2.05) is 30.5 Å². The Hall–Kier alpha value is -2.31. The monoisotopic (exact) mass is 344 g/mol. The Labute approximate surface area is 145 Å². The summed E-state index contributed by atoms with van der Waals surface area (Å²) in [5.74, 6) is 0.488. The minimum atomic E-state index is -0.245. The first kappa shape index (κ1) is 18.0. The van der Waals surface area contributed by atoms with E-state index in [9.17, 15) is 9.59 Å². The van der Waals surface area contributed by atoms with Crippen molar-refractivity contribution in [2.75, 3.05) is 30.6 Å². The lowest BCUT2D eigenvalue weighted by molar-refractivity contribution is -0.119. The number of ether oxygens (including phenoxy) is 1. The van der Waals surface area contributed by atoms with Gasteiger partial charge in [-0.2, -0.15) is 11.8 Å². The summed E-state index contributed by atoms with van der Waals surface area (Å²) in [5, 5.41) is 5.53. The summed E-state index contributed by atoms with van der Waals surface area (Å²) in [7, 11) is 1.46. The minimum Gasteiger partial charge on any atom is -0.375 e. The molecule has 0 aliphatic rings. The predicted octanol–water partition coefficient (Wildman–Crippen LogP) is 3.39. The predicted molar refractivity (Wildman–Crippen MR) is 98.6 cm³/mol. The molecule has 0 aromatic heterocycles. The van der Waals surface area contributed by atoms with Gasteiger partial charge in [-0.3, -0.25) is 9.59 Å². The highest BCUT2D eigenvalue weighted by Crippen LogP contribution is 2.17. The topological polar surface area (TPSA) is 67.4 Å². The molecule has 0 aliphatic heterocycles. The standard InChI is InChI=1S/C18H20N2O3S/c1-23-11-17(21)19-15-4-3-5-16(10-15)20-18(22)14-8-6-13(7-9-14)12-24-2/h3-10H,11-12H2,1-2H3,(H,19,21)(H,20,22). The van der Waals surface area contributed by atoms with Gasteiger partial charge in [0.25, 0.3) is 5.91 Å². The van der Waals surface area contributed by atoms with Crippen LogP contribution in [0.4, 0.5) is 11.4 Å². The van der Waals surface area contributed by atoms with Gasteiger partial charge in [0.1, 0.15) is 6.61 Å². The van der Waals surface area contributed by atoms with Crippen LogP contribution in [0, 0.1) is 0 Å². The van der Waals surface area contributed by atoms with E-state index in [4.69, 9.17) is 4.74 Å². The molecule has 2 N–H and O–H groups in total. The van der Waals surface area contributed by atoms with Gasteiger partial charge in [-0.15, -0.1) is 0 Å². The van der Waals surface area contributed by atoms with Crippen LogP contribution in [0.3, 0.4) is 0 Å². The summed E-state index contributed by atoms with van der Waals surface area (Å²) in [4.78, 5) is 23.8. The van der Waals surface area contributed by atoms with Gasteiger partial charge in [0.2, 0.25) is 5.91 Å². The van der Waals surface area contributed by atoms with Crippen molar-refractivity contribution in [1.29, 1.82) is 0 Å². The zero-order valence-corrected chi connectivity index (χ0v) is 14.5. The van der Waals surface area contributed by atoms with Gasteiger partial charge in [0.05, 0.1) is 0 Å². The largest absolute Gasteiger partial charge is 0.375 e. The number of anilines is 2. The van der Waals surface area contributed by atoms with E-state index in [0.717, 1.165) is 5.75 Å². The molecule has 2 amide bonds. The molecule has 0 aliphatic carbocycles. The summed E-state index contributed by atoms with van der Waals surface area (Å²) in [5.41, 5.74) is 2.99. The lowest BCUT2D eigenvalue weighted by Gasteiger charge is -2.09. The number of benzene rings is 2. The fourth-order valence-corrected chi connectivity index (χ4v) is 2.65. The molecular weight excluding hydrogens is 324 g/mol. The van der Waals surface area contributed by atoms with Gasteiger partial charge in [-0.25, -0.2) is 0 Å². The molecule has 6 heteroatoms. The Morgan fingerprint density at radius 2 is 1.71 bits per heavy atom. The Kier molecular flexibility index (Phi) is 6.84. The molecule has 24 heavy (non-hydrogen) atoms. The maximum Gasteiger partial charge on any atom is 0.255 e. The quantitative estimate of drug-likeness (QED) is 0.808. The number of carbonyl (C=O) groups excluding carboxylic acids is 2. The Morgan fingerprint density at radius 1 is 1.04 bits per heavy atom. The third-order valence-electron chi connectivity index (χ3n) is 3.21. The van der Waals surface area contributed by atoms with Crippen molar-refractivity contribution in [2.45, 2.75) is 5.75 Å². The number of hydrogen-bond acceptors (Lipinski definition) is 4. The van der Waals surface area contributed by atoms with Crippen molar-refractivity contribution >= 4 is 35.0 Å². The molecule has 0 atom stereocenters. The number of amides is 2. The molecule has 0 spiro atoms. The molecule has 0 fully saturated rings. The first-order valence-corrected chi connectivity index (χ1v) is 8.80. The number of nitrogens with one attached hydrogen (secondary N) is 2. The van der Waals surface area contributed by atoms with E-state index >= 15 is 0 Å². The van der Waals surface area contributed by atoms with Crippen molar-refractivity contribution in [3.63, 3.8) is 0 Å².